The van der Waals surface area contributed by atoms with Gasteiger partial charge in [0.2, 0.25) is 0 Å². The minimum absolute atomic E-state index is 0.0162. The summed E-state index contributed by atoms with van der Waals surface area (Å²) in [5.41, 5.74) is 0. The summed E-state index contributed by atoms with van der Waals surface area (Å²) >= 11 is 0. The zero-order chi connectivity index (χ0) is 44.2. The van der Waals surface area contributed by atoms with E-state index in [0.29, 0.717) is 32.1 Å². The molecular formula is C48H75O11P. The van der Waals surface area contributed by atoms with Crippen molar-refractivity contribution < 1.29 is 52.9 Å². The Hall–Kier alpha value is -3.67. The Morgan fingerprint density at radius 1 is 0.583 bits per heavy atom. The first-order chi connectivity index (χ1) is 29.1. The summed E-state index contributed by atoms with van der Waals surface area (Å²) in [6, 6.07) is 0. The fourth-order valence-electron chi connectivity index (χ4n) is 4.86. The van der Waals surface area contributed by atoms with Gasteiger partial charge in [0.15, 0.2) is 6.10 Å². The van der Waals surface area contributed by atoms with Gasteiger partial charge in [-0.1, -0.05) is 148 Å². The number of esters is 2. The predicted octanol–water partition coefficient (Wildman–Crippen LogP) is 10.5. The van der Waals surface area contributed by atoms with Crippen molar-refractivity contribution in [3.05, 3.63) is 122 Å². The lowest BCUT2D eigenvalue weighted by molar-refractivity contribution is -0.161. The van der Waals surface area contributed by atoms with Crippen molar-refractivity contribution in [3.8, 4) is 0 Å². The van der Waals surface area contributed by atoms with Crippen LogP contribution < -0.4 is 0 Å². The van der Waals surface area contributed by atoms with Crippen molar-refractivity contribution in [1.82, 2.24) is 0 Å². The number of unbranched alkanes of at least 4 members (excludes halogenated alkanes) is 4. The lowest BCUT2D eigenvalue weighted by Crippen LogP contribution is -2.29. The zero-order valence-corrected chi connectivity index (χ0v) is 37.1. The smallest absolute Gasteiger partial charge is 0.462 e. The van der Waals surface area contributed by atoms with Crippen molar-refractivity contribution in [2.75, 3.05) is 26.4 Å². The maximum atomic E-state index is 12.6. The Bertz CT molecular complexity index is 1420. The van der Waals surface area contributed by atoms with Crippen LogP contribution in [0.2, 0.25) is 0 Å². The van der Waals surface area contributed by atoms with Gasteiger partial charge in [-0.05, 0) is 83.5 Å². The van der Waals surface area contributed by atoms with Crippen molar-refractivity contribution in [2.45, 2.75) is 141 Å². The molecular weight excluding hydrogens is 783 g/mol. The van der Waals surface area contributed by atoms with Gasteiger partial charge in [-0.25, -0.2) is 4.57 Å². The first kappa shape index (κ1) is 56.3. The Balaban J connectivity index is 4.61. The van der Waals surface area contributed by atoms with E-state index in [-0.39, 0.29) is 12.8 Å². The van der Waals surface area contributed by atoms with Gasteiger partial charge < -0.3 is 29.7 Å². The number of aliphatic hydroxyl groups excluding tert-OH is 3. The molecule has 2 unspecified atom stereocenters. The molecule has 0 heterocycles. The van der Waals surface area contributed by atoms with E-state index in [2.05, 4.69) is 67.0 Å². The lowest BCUT2D eigenvalue weighted by Gasteiger charge is -2.20. The molecule has 0 radical (unpaired) electrons. The van der Waals surface area contributed by atoms with Gasteiger partial charge in [-0.15, -0.1) is 0 Å². The fraction of sp³-hybridized carbons (Fsp3) is 0.542. The average Bonchev–Trinajstić information content (AvgIpc) is 3.23. The van der Waals surface area contributed by atoms with E-state index in [1.54, 1.807) is 6.08 Å². The van der Waals surface area contributed by atoms with Crippen LogP contribution in [0.25, 0.3) is 0 Å². The third-order valence-electron chi connectivity index (χ3n) is 8.19. The number of hydrogen-bond donors (Lipinski definition) is 4. The maximum Gasteiger partial charge on any atom is 0.472 e. The quantitative estimate of drug-likeness (QED) is 0.0153. The van der Waals surface area contributed by atoms with Gasteiger partial charge in [-0.2, -0.15) is 0 Å². The summed E-state index contributed by atoms with van der Waals surface area (Å²) in [6.45, 7) is 1.97. The average molecular weight is 859 g/mol. The molecule has 0 aromatic rings. The van der Waals surface area contributed by atoms with E-state index in [0.717, 1.165) is 44.9 Å². The molecule has 0 aliphatic rings. The summed E-state index contributed by atoms with van der Waals surface area (Å²) in [5.74, 6) is -1.13. The molecule has 0 aliphatic carbocycles. The monoisotopic (exact) mass is 859 g/mol. The van der Waals surface area contributed by atoms with Gasteiger partial charge in [0.25, 0.3) is 0 Å². The topological polar surface area (TPSA) is 169 Å². The molecule has 0 saturated carbocycles. The highest BCUT2D eigenvalue weighted by Gasteiger charge is 2.27. The van der Waals surface area contributed by atoms with Crippen molar-refractivity contribution in [3.63, 3.8) is 0 Å². The van der Waals surface area contributed by atoms with E-state index < -0.39 is 64.5 Å². The first-order valence-corrected chi connectivity index (χ1v) is 23.1. The van der Waals surface area contributed by atoms with E-state index >= 15 is 0 Å². The summed E-state index contributed by atoms with van der Waals surface area (Å²) < 4.78 is 32.5. The van der Waals surface area contributed by atoms with E-state index in [4.69, 9.17) is 19.1 Å². The summed E-state index contributed by atoms with van der Waals surface area (Å²) in [4.78, 5) is 34.9. The molecule has 0 bridgehead atoms. The van der Waals surface area contributed by atoms with Crippen LogP contribution in [0, 0.1) is 0 Å². The van der Waals surface area contributed by atoms with Gasteiger partial charge in [0.1, 0.15) is 12.7 Å². The minimum atomic E-state index is -4.67. The third-order valence-corrected chi connectivity index (χ3v) is 9.14. The molecule has 4 atom stereocenters. The van der Waals surface area contributed by atoms with Crippen LogP contribution in [0.15, 0.2) is 122 Å². The molecule has 0 spiro atoms. The molecule has 60 heavy (non-hydrogen) atoms. The van der Waals surface area contributed by atoms with E-state index in [9.17, 15) is 29.3 Å². The van der Waals surface area contributed by atoms with Crippen LogP contribution in [-0.2, 0) is 32.7 Å². The van der Waals surface area contributed by atoms with Crippen LogP contribution in [0.5, 0.6) is 0 Å². The lowest BCUT2D eigenvalue weighted by atomic mass is 10.2. The molecule has 0 aliphatic heterocycles. The molecule has 0 amide bonds. The number of allylic oxidation sites excluding steroid dienone is 18. The van der Waals surface area contributed by atoms with E-state index in [1.807, 2.05) is 66.8 Å². The van der Waals surface area contributed by atoms with Gasteiger partial charge >= 0.3 is 19.8 Å². The molecule has 0 aromatic heterocycles. The SMILES string of the molecule is CC/C=C\C/C=C\CC(O)/C=C/C=C\C/C=C\C/C=C\CCC(=O)O[C@H](COC(=O)CCC/C=C\C/C=C\C/C=C\C/C=C\CCCCC)COP(=O)(O)OC[C@@H](O)CO. The Morgan fingerprint density at radius 3 is 1.72 bits per heavy atom. The molecule has 0 fully saturated rings. The second-order valence-electron chi connectivity index (χ2n) is 13.8. The van der Waals surface area contributed by atoms with Crippen LogP contribution >= 0.6 is 7.82 Å². The van der Waals surface area contributed by atoms with Crippen LogP contribution in [-0.4, -0.2) is 76.9 Å². The highest BCUT2D eigenvalue weighted by Crippen LogP contribution is 2.43. The standard InChI is InChI=1S/C48H75O11P/c1-3-5-7-9-11-12-13-14-15-16-17-18-19-23-26-30-34-38-47(52)56-42-46(43-58-60(54,55)57-41-45(51)40-49)59-48(53)39-35-31-27-24-21-20-22-25-29-33-37-44(50)36-32-28-10-8-6-4-2/h6,8,11-12,14-15,17-18,20-21,23,25-29,31-33,37,44-46,49-51H,3-5,7,9-10,13,16,19,22,24,30,34-36,38-43H2,1-2H3,(H,54,55)/b8-6-,12-11-,15-14-,18-17-,21-20-,26-23-,29-25-,31-27-,32-28-,37-33+/t44?,45-,46+/m0/s1. The predicted molar refractivity (Wildman–Crippen MR) is 243 cm³/mol. The van der Waals surface area contributed by atoms with Gasteiger partial charge in [-0.3, -0.25) is 18.6 Å². The Kier molecular flexibility index (Phi) is 39.5. The number of carbonyl (C=O) groups excluding carboxylic acids is 2. The maximum absolute atomic E-state index is 12.6. The van der Waals surface area contributed by atoms with Crippen molar-refractivity contribution in [2.24, 2.45) is 0 Å². The Morgan fingerprint density at radius 2 is 1.12 bits per heavy atom. The van der Waals surface area contributed by atoms with Gasteiger partial charge in [0, 0.05) is 12.8 Å². The number of rotatable bonds is 38. The first-order valence-electron chi connectivity index (χ1n) is 21.6. The third kappa shape index (κ3) is 41.1. The highest BCUT2D eigenvalue weighted by atomic mass is 31.2. The molecule has 0 aromatic carbocycles. The fourth-order valence-corrected chi connectivity index (χ4v) is 5.65. The summed E-state index contributed by atoms with van der Waals surface area (Å²) in [6.07, 6.45) is 50.7. The molecule has 338 valence electrons. The summed E-state index contributed by atoms with van der Waals surface area (Å²) in [7, 11) is -4.67. The normalized spacial score (nSPS) is 15.5. The van der Waals surface area contributed by atoms with E-state index in [1.165, 1.54) is 19.3 Å². The number of hydrogen-bond acceptors (Lipinski definition) is 10. The number of ether oxygens (including phenoxy) is 2. The van der Waals surface area contributed by atoms with Gasteiger partial charge in [0.05, 0.1) is 25.9 Å². The summed E-state index contributed by atoms with van der Waals surface area (Å²) in [5, 5.41) is 28.3. The minimum Gasteiger partial charge on any atom is -0.462 e. The van der Waals surface area contributed by atoms with Crippen molar-refractivity contribution in [1.29, 1.82) is 0 Å². The van der Waals surface area contributed by atoms with Crippen LogP contribution in [0.1, 0.15) is 123 Å². The number of phosphoric acid groups is 1. The number of phosphoric ester groups is 1. The van der Waals surface area contributed by atoms with Crippen LogP contribution in [0.4, 0.5) is 0 Å². The molecule has 12 heteroatoms. The largest absolute Gasteiger partial charge is 0.472 e. The highest BCUT2D eigenvalue weighted by molar-refractivity contribution is 7.47. The molecule has 0 rings (SSSR count). The molecule has 11 nitrogen and oxygen atoms in total. The molecule has 0 saturated heterocycles. The van der Waals surface area contributed by atoms with Crippen LogP contribution in [0.3, 0.4) is 0 Å². The number of carbonyl (C=O) groups is 2. The zero-order valence-electron chi connectivity index (χ0n) is 36.2. The molecule has 4 N–H and O–H groups in total. The Labute approximate surface area is 360 Å². The number of aliphatic hydroxyl groups is 3. The second kappa shape index (κ2) is 42.0. The van der Waals surface area contributed by atoms with Crippen molar-refractivity contribution >= 4 is 19.8 Å². The second-order valence-corrected chi connectivity index (χ2v) is 15.3.